The Balaban J connectivity index is 1.35. The van der Waals surface area contributed by atoms with Gasteiger partial charge < -0.3 is 9.80 Å². The van der Waals surface area contributed by atoms with Gasteiger partial charge >= 0.3 is 0 Å². The lowest BCUT2D eigenvalue weighted by atomic mass is 10.1. The number of piperazine rings is 1. The number of rotatable bonds is 3. The summed E-state index contributed by atoms with van der Waals surface area (Å²) in [6.07, 6.45) is 2.40. The first kappa shape index (κ1) is 16.0. The SMILES string of the molecule is O=C([C@H]1C[C@H]1c1ccc(F)cc1)N1CCN(c2ncccc2F)CC1. The molecule has 1 amide bonds. The van der Waals surface area contributed by atoms with Gasteiger partial charge in [0.15, 0.2) is 11.6 Å². The fraction of sp³-hybridized carbons (Fsp3) is 0.368. The largest absolute Gasteiger partial charge is 0.351 e. The highest BCUT2D eigenvalue weighted by Crippen LogP contribution is 2.48. The minimum Gasteiger partial charge on any atom is -0.351 e. The first-order valence-corrected chi connectivity index (χ1v) is 8.53. The number of pyridine rings is 1. The Bertz CT molecular complexity index is 772. The smallest absolute Gasteiger partial charge is 0.226 e. The average Bonchev–Trinajstić information content (AvgIpc) is 3.43. The van der Waals surface area contributed by atoms with E-state index in [4.69, 9.17) is 0 Å². The van der Waals surface area contributed by atoms with Crippen LogP contribution < -0.4 is 4.90 Å². The molecule has 1 saturated carbocycles. The highest BCUT2D eigenvalue weighted by atomic mass is 19.1. The number of anilines is 1. The highest BCUT2D eigenvalue weighted by Gasteiger charge is 2.46. The van der Waals surface area contributed by atoms with Crippen molar-refractivity contribution in [3.05, 3.63) is 59.8 Å². The van der Waals surface area contributed by atoms with Crippen molar-refractivity contribution < 1.29 is 13.6 Å². The summed E-state index contributed by atoms with van der Waals surface area (Å²) in [7, 11) is 0. The van der Waals surface area contributed by atoms with Gasteiger partial charge in [-0.25, -0.2) is 13.8 Å². The van der Waals surface area contributed by atoms with Crippen molar-refractivity contribution in [2.24, 2.45) is 5.92 Å². The average molecular weight is 343 g/mol. The van der Waals surface area contributed by atoms with Crippen molar-refractivity contribution >= 4 is 11.7 Å². The van der Waals surface area contributed by atoms with Crippen LogP contribution in [-0.2, 0) is 4.79 Å². The van der Waals surface area contributed by atoms with E-state index in [1.165, 1.54) is 18.2 Å². The van der Waals surface area contributed by atoms with Crippen LogP contribution in [0, 0.1) is 17.6 Å². The Labute approximate surface area is 145 Å². The maximum atomic E-state index is 13.8. The second kappa shape index (κ2) is 6.43. The first-order valence-electron chi connectivity index (χ1n) is 8.53. The molecule has 1 aromatic heterocycles. The number of amides is 1. The van der Waals surface area contributed by atoms with E-state index >= 15 is 0 Å². The molecule has 6 heteroatoms. The number of nitrogens with zero attached hydrogens (tertiary/aromatic N) is 3. The highest BCUT2D eigenvalue weighted by molar-refractivity contribution is 5.83. The number of hydrogen-bond donors (Lipinski definition) is 0. The molecule has 1 saturated heterocycles. The van der Waals surface area contributed by atoms with Crippen LogP contribution in [0.5, 0.6) is 0 Å². The third-order valence-corrected chi connectivity index (χ3v) is 5.04. The summed E-state index contributed by atoms with van der Waals surface area (Å²) in [5, 5.41) is 0. The summed E-state index contributed by atoms with van der Waals surface area (Å²) in [5.41, 5.74) is 1.02. The number of hydrogen-bond acceptors (Lipinski definition) is 3. The van der Waals surface area contributed by atoms with Gasteiger partial charge in [-0.15, -0.1) is 0 Å². The molecule has 0 N–H and O–H groups in total. The summed E-state index contributed by atoms with van der Waals surface area (Å²) >= 11 is 0. The van der Waals surface area contributed by atoms with E-state index in [9.17, 15) is 13.6 Å². The van der Waals surface area contributed by atoms with Crippen LogP contribution in [0.3, 0.4) is 0 Å². The molecule has 4 nitrogen and oxygen atoms in total. The standard InChI is InChI=1S/C19H19F2N3O/c20-14-5-3-13(4-6-14)15-12-16(15)19(25)24-10-8-23(9-11-24)18-17(21)2-1-7-22-18/h1-7,15-16H,8-12H2/t15-,16-/m0/s1. The number of benzene rings is 1. The molecule has 1 aliphatic heterocycles. The van der Waals surface area contributed by atoms with Crippen LogP contribution >= 0.6 is 0 Å². The van der Waals surface area contributed by atoms with Gasteiger partial charge in [0.25, 0.3) is 0 Å². The van der Waals surface area contributed by atoms with Gasteiger partial charge in [0, 0.05) is 38.3 Å². The fourth-order valence-corrected chi connectivity index (χ4v) is 3.53. The van der Waals surface area contributed by atoms with Crippen molar-refractivity contribution in [1.29, 1.82) is 0 Å². The van der Waals surface area contributed by atoms with E-state index in [0.29, 0.717) is 32.0 Å². The van der Waals surface area contributed by atoms with Crippen molar-refractivity contribution in [3.8, 4) is 0 Å². The van der Waals surface area contributed by atoms with Crippen molar-refractivity contribution in [1.82, 2.24) is 9.88 Å². The Kier molecular flexibility index (Phi) is 4.11. The maximum Gasteiger partial charge on any atom is 0.226 e. The third kappa shape index (κ3) is 3.21. The number of carbonyl (C=O) groups excluding carboxylic acids is 1. The second-order valence-electron chi connectivity index (χ2n) is 6.62. The lowest BCUT2D eigenvalue weighted by molar-refractivity contribution is -0.133. The molecule has 2 fully saturated rings. The van der Waals surface area contributed by atoms with E-state index in [0.717, 1.165) is 12.0 Å². The molecular formula is C19H19F2N3O. The van der Waals surface area contributed by atoms with Crippen LogP contribution in [0.25, 0.3) is 0 Å². The molecule has 0 bridgehead atoms. The van der Waals surface area contributed by atoms with Gasteiger partial charge in [-0.3, -0.25) is 4.79 Å². The van der Waals surface area contributed by atoms with E-state index in [1.807, 2.05) is 9.80 Å². The molecule has 1 aliphatic carbocycles. The quantitative estimate of drug-likeness (QED) is 0.860. The zero-order chi connectivity index (χ0) is 17.4. The minimum absolute atomic E-state index is 0.0106. The summed E-state index contributed by atoms with van der Waals surface area (Å²) in [4.78, 5) is 20.5. The molecule has 4 rings (SSSR count). The molecule has 2 heterocycles. The zero-order valence-corrected chi connectivity index (χ0v) is 13.7. The summed E-state index contributed by atoms with van der Waals surface area (Å²) in [6, 6.07) is 9.37. The molecule has 25 heavy (non-hydrogen) atoms. The summed E-state index contributed by atoms with van der Waals surface area (Å²) < 4.78 is 26.8. The topological polar surface area (TPSA) is 36.4 Å². The van der Waals surface area contributed by atoms with Gasteiger partial charge in [-0.05, 0) is 42.2 Å². The Hall–Kier alpha value is -2.50. The van der Waals surface area contributed by atoms with Crippen molar-refractivity contribution in [2.75, 3.05) is 31.1 Å². The molecule has 0 unspecified atom stereocenters. The van der Waals surface area contributed by atoms with E-state index in [1.54, 1.807) is 24.4 Å². The lowest BCUT2D eigenvalue weighted by Gasteiger charge is -2.35. The molecule has 130 valence electrons. The molecule has 0 spiro atoms. The van der Waals surface area contributed by atoms with Crippen LogP contribution in [0.15, 0.2) is 42.6 Å². The minimum atomic E-state index is -0.333. The van der Waals surface area contributed by atoms with Crippen molar-refractivity contribution in [3.63, 3.8) is 0 Å². The van der Waals surface area contributed by atoms with Gasteiger partial charge in [-0.1, -0.05) is 12.1 Å². The first-order chi connectivity index (χ1) is 12.1. The fourth-order valence-electron chi connectivity index (χ4n) is 3.53. The Morgan fingerprint density at radius 1 is 1.04 bits per heavy atom. The maximum absolute atomic E-state index is 13.8. The zero-order valence-electron chi connectivity index (χ0n) is 13.7. The van der Waals surface area contributed by atoms with E-state index < -0.39 is 0 Å². The van der Waals surface area contributed by atoms with Crippen LogP contribution in [0.1, 0.15) is 17.9 Å². The normalized spacial score (nSPS) is 22.8. The van der Waals surface area contributed by atoms with Gasteiger partial charge in [0.2, 0.25) is 5.91 Å². The number of halogens is 2. The monoisotopic (exact) mass is 343 g/mol. The molecule has 2 aliphatic rings. The summed E-state index contributed by atoms with van der Waals surface area (Å²) in [6.45, 7) is 2.30. The van der Waals surface area contributed by atoms with Gasteiger partial charge in [0.1, 0.15) is 5.82 Å². The number of carbonyl (C=O) groups is 1. The van der Waals surface area contributed by atoms with E-state index in [2.05, 4.69) is 4.98 Å². The molecular weight excluding hydrogens is 324 g/mol. The van der Waals surface area contributed by atoms with Gasteiger partial charge in [0.05, 0.1) is 0 Å². The number of aromatic nitrogens is 1. The second-order valence-corrected chi connectivity index (χ2v) is 6.62. The molecule has 1 aromatic carbocycles. The Morgan fingerprint density at radius 2 is 1.76 bits per heavy atom. The van der Waals surface area contributed by atoms with E-state index in [-0.39, 0.29) is 29.4 Å². The van der Waals surface area contributed by atoms with Crippen LogP contribution in [0.2, 0.25) is 0 Å². The predicted octanol–water partition coefficient (Wildman–Crippen LogP) is 2.81. The van der Waals surface area contributed by atoms with Gasteiger partial charge in [-0.2, -0.15) is 0 Å². The lowest BCUT2D eigenvalue weighted by Crippen LogP contribution is -2.49. The Morgan fingerprint density at radius 3 is 2.44 bits per heavy atom. The third-order valence-electron chi connectivity index (χ3n) is 5.04. The molecule has 0 radical (unpaired) electrons. The van der Waals surface area contributed by atoms with Crippen LogP contribution in [-0.4, -0.2) is 42.0 Å². The summed E-state index contributed by atoms with van der Waals surface area (Å²) in [5.74, 6) is 0.0923. The molecule has 2 atom stereocenters. The van der Waals surface area contributed by atoms with Crippen LogP contribution in [0.4, 0.5) is 14.6 Å². The van der Waals surface area contributed by atoms with Crippen molar-refractivity contribution in [2.45, 2.75) is 12.3 Å². The predicted molar refractivity (Wildman–Crippen MR) is 90.2 cm³/mol. The molecule has 2 aromatic rings.